The van der Waals surface area contributed by atoms with Crippen molar-refractivity contribution in [2.75, 3.05) is 40.3 Å². The number of benzene rings is 1. The molecule has 180 valence electrons. The summed E-state index contributed by atoms with van der Waals surface area (Å²) in [5.41, 5.74) is 5.56. The molecular formula is C21H31BN4O7. The molecule has 5 N–H and O–H groups in total. The van der Waals surface area contributed by atoms with Gasteiger partial charge >= 0.3 is 13.1 Å². The zero-order valence-electron chi connectivity index (χ0n) is 19.3. The molecule has 1 saturated heterocycles. The standard InChI is InChI=1S/C21H31BN4O7/c1-12-7-22(31)33-18-14(12)5-6-15(17(18)19(28)29)32-13-9-26(10-13)11-21(2,23)20(30)24-8-16(27)25(3)4/h5-6,12-13,31H,7-11,23H2,1-4H3,(H,24,30)(H,28,29)/t12-,21-/m0/s1. The van der Waals surface area contributed by atoms with E-state index in [1.54, 1.807) is 33.2 Å². The molecule has 2 atom stereocenters. The number of amides is 2. The van der Waals surface area contributed by atoms with Crippen LogP contribution in [0.3, 0.4) is 0 Å². The lowest BCUT2D eigenvalue weighted by molar-refractivity contribution is -0.133. The molecule has 0 spiro atoms. The fourth-order valence-electron chi connectivity index (χ4n) is 3.97. The summed E-state index contributed by atoms with van der Waals surface area (Å²) in [5.74, 6) is -1.60. The normalized spacial score (nSPS) is 20.1. The number of carboxylic acid groups (broad SMARTS) is 1. The molecule has 12 heteroatoms. The number of likely N-dealkylation sites (N-methyl/N-ethyl adjacent to an activating group) is 1. The minimum Gasteiger partial charge on any atom is -0.535 e. The first-order valence-electron chi connectivity index (χ1n) is 10.8. The molecular weight excluding hydrogens is 431 g/mol. The zero-order chi connectivity index (χ0) is 24.5. The van der Waals surface area contributed by atoms with Gasteiger partial charge in [-0.05, 0) is 24.5 Å². The van der Waals surface area contributed by atoms with E-state index in [2.05, 4.69) is 5.32 Å². The van der Waals surface area contributed by atoms with E-state index in [4.69, 9.17) is 15.1 Å². The summed E-state index contributed by atoms with van der Waals surface area (Å²) in [4.78, 5) is 39.3. The Kier molecular flexibility index (Phi) is 7.20. The summed E-state index contributed by atoms with van der Waals surface area (Å²) in [6.07, 6.45) is 0.0970. The summed E-state index contributed by atoms with van der Waals surface area (Å²) in [6.45, 7) is 4.51. The monoisotopic (exact) mass is 462 g/mol. The van der Waals surface area contributed by atoms with Gasteiger partial charge in [0.05, 0.1) is 6.54 Å². The maximum absolute atomic E-state index is 12.4. The second kappa shape index (κ2) is 9.58. The molecule has 1 aromatic rings. The first-order chi connectivity index (χ1) is 15.4. The van der Waals surface area contributed by atoms with E-state index in [0.717, 1.165) is 5.56 Å². The highest BCUT2D eigenvalue weighted by molar-refractivity contribution is 6.44. The highest BCUT2D eigenvalue weighted by Gasteiger charge is 2.39. The lowest BCUT2D eigenvalue weighted by Gasteiger charge is -2.42. The van der Waals surface area contributed by atoms with E-state index in [1.165, 1.54) is 4.90 Å². The van der Waals surface area contributed by atoms with Crippen LogP contribution in [0.2, 0.25) is 6.32 Å². The molecule has 0 radical (unpaired) electrons. The average molecular weight is 462 g/mol. The molecule has 0 aromatic heterocycles. The van der Waals surface area contributed by atoms with Gasteiger partial charge in [-0.15, -0.1) is 0 Å². The number of hydrogen-bond donors (Lipinski definition) is 4. The van der Waals surface area contributed by atoms with Crippen molar-refractivity contribution < 1.29 is 33.9 Å². The van der Waals surface area contributed by atoms with Crippen LogP contribution in [0.4, 0.5) is 0 Å². The number of carboxylic acids is 1. The minimum atomic E-state index is -1.21. The number of fused-ring (bicyclic) bond motifs is 1. The van der Waals surface area contributed by atoms with Gasteiger partial charge in [-0.2, -0.15) is 0 Å². The molecule has 1 aromatic carbocycles. The van der Waals surface area contributed by atoms with Crippen molar-refractivity contribution >= 4 is 24.9 Å². The maximum atomic E-state index is 12.4. The van der Waals surface area contributed by atoms with Crippen LogP contribution in [0.25, 0.3) is 0 Å². The van der Waals surface area contributed by atoms with Crippen LogP contribution in [-0.4, -0.2) is 96.7 Å². The van der Waals surface area contributed by atoms with E-state index in [1.807, 2.05) is 11.8 Å². The smallest absolute Gasteiger partial charge is 0.523 e. The number of nitrogens with one attached hydrogen (secondary N) is 1. The number of aromatic carboxylic acids is 1. The Bertz CT molecular complexity index is 933. The molecule has 0 aliphatic carbocycles. The van der Waals surface area contributed by atoms with Gasteiger partial charge in [-0.25, -0.2) is 4.79 Å². The Hall–Kier alpha value is -2.83. The Morgan fingerprint density at radius 1 is 1.36 bits per heavy atom. The van der Waals surface area contributed by atoms with E-state index in [-0.39, 0.29) is 48.1 Å². The first kappa shape index (κ1) is 24.8. The van der Waals surface area contributed by atoms with E-state index in [0.29, 0.717) is 19.4 Å². The molecule has 2 heterocycles. The van der Waals surface area contributed by atoms with Crippen LogP contribution in [0.15, 0.2) is 12.1 Å². The van der Waals surface area contributed by atoms with Gasteiger partial charge in [0.1, 0.15) is 28.7 Å². The fourth-order valence-corrected chi connectivity index (χ4v) is 3.97. The Balaban J connectivity index is 1.59. The van der Waals surface area contributed by atoms with Gasteiger partial charge in [0.15, 0.2) is 0 Å². The van der Waals surface area contributed by atoms with Gasteiger partial charge in [0, 0.05) is 40.0 Å². The molecule has 3 rings (SSSR count). The van der Waals surface area contributed by atoms with E-state index in [9.17, 15) is 24.5 Å². The Morgan fingerprint density at radius 2 is 2.03 bits per heavy atom. The summed E-state index contributed by atoms with van der Waals surface area (Å²) in [7, 11) is 2.13. The molecule has 2 amide bonds. The largest absolute Gasteiger partial charge is 0.535 e. The van der Waals surface area contributed by atoms with Crippen LogP contribution < -0.4 is 20.4 Å². The highest BCUT2D eigenvalue weighted by Crippen LogP contribution is 2.42. The van der Waals surface area contributed by atoms with E-state index < -0.39 is 24.5 Å². The molecule has 11 nitrogen and oxygen atoms in total. The fraction of sp³-hybridized carbons (Fsp3) is 0.571. The third kappa shape index (κ3) is 5.57. The highest BCUT2D eigenvalue weighted by atomic mass is 16.5. The number of likely N-dealkylation sites (tertiary alicyclic amines) is 1. The van der Waals surface area contributed by atoms with Gasteiger partial charge in [-0.1, -0.05) is 13.0 Å². The SMILES string of the molecule is C[C@H]1CB(O)Oc2c1ccc(OC1CN(C[C@](C)(N)C(=O)NCC(=O)N(C)C)C1)c2C(=O)O. The Morgan fingerprint density at radius 3 is 2.64 bits per heavy atom. The number of nitrogens with two attached hydrogens (primary N) is 1. The lowest BCUT2D eigenvalue weighted by Crippen LogP contribution is -2.64. The average Bonchev–Trinajstić information content (AvgIpc) is 2.68. The van der Waals surface area contributed by atoms with Crippen molar-refractivity contribution in [3.05, 3.63) is 23.3 Å². The number of hydrogen-bond acceptors (Lipinski definition) is 8. The minimum absolute atomic E-state index is 0.0449. The number of carbonyl (C=O) groups is 3. The first-order valence-corrected chi connectivity index (χ1v) is 10.8. The van der Waals surface area contributed by atoms with Gasteiger partial charge in [-0.3, -0.25) is 14.5 Å². The number of rotatable bonds is 8. The van der Waals surface area contributed by atoms with Crippen molar-refractivity contribution in [1.29, 1.82) is 0 Å². The molecule has 33 heavy (non-hydrogen) atoms. The topological polar surface area (TPSA) is 155 Å². The predicted octanol–water partition coefficient (Wildman–Crippen LogP) is -0.654. The van der Waals surface area contributed by atoms with Crippen LogP contribution in [0.5, 0.6) is 11.5 Å². The molecule has 0 bridgehead atoms. The van der Waals surface area contributed by atoms with Crippen LogP contribution in [-0.2, 0) is 9.59 Å². The maximum Gasteiger partial charge on any atom is 0.523 e. The summed E-state index contributed by atoms with van der Waals surface area (Å²) < 4.78 is 11.3. The van der Waals surface area contributed by atoms with Crippen LogP contribution in [0, 0.1) is 0 Å². The van der Waals surface area contributed by atoms with E-state index >= 15 is 0 Å². The van der Waals surface area contributed by atoms with Gasteiger partial charge in [0.25, 0.3) is 0 Å². The number of nitrogens with zero attached hydrogens (tertiary/aromatic N) is 2. The number of carbonyl (C=O) groups excluding carboxylic acids is 2. The van der Waals surface area contributed by atoms with Gasteiger partial charge in [0.2, 0.25) is 11.8 Å². The van der Waals surface area contributed by atoms with Crippen molar-refractivity contribution in [1.82, 2.24) is 15.1 Å². The van der Waals surface area contributed by atoms with Crippen molar-refractivity contribution in [3.8, 4) is 11.5 Å². The molecule has 2 aliphatic heterocycles. The van der Waals surface area contributed by atoms with Crippen molar-refractivity contribution in [3.63, 3.8) is 0 Å². The van der Waals surface area contributed by atoms with Gasteiger partial charge < -0.3 is 35.5 Å². The third-order valence-corrected chi connectivity index (χ3v) is 5.89. The predicted molar refractivity (Wildman–Crippen MR) is 120 cm³/mol. The quantitative estimate of drug-likeness (QED) is 0.369. The third-order valence-electron chi connectivity index (χ3n) is 5.89. The summed E-state index contributed by atoms with van der Waals surface area (Å²) >= 11 is 0. The molecule has 0 saturated carbocycles. The Labute approximate surface area is 192 Å². The molecule has 1 fully saturated rings. The second-order valence-corrected chi connectivity index (χ2v) is 9.19. The van der Waals surface area contributed by atoms with Crippen molar-refractivity contribution in [2.24, 2.45) is 5.73 Å². The lowest BCUT2D eigenvalue weighted by atomic mass is 9.72. The van der Waals surface area contributed by atoms with Crippen LogP contribution >= 0.6 is 0 Å². The zero-order valence-corrected chi connectivity index (χ0v) is 19.3. The molecule has 2 aliphatic rings. The van der Waals surface area contributed by atoms with Crippen molar-refractivity contribution in [2.45, 2.75) is 37.7 Å². The second-order valence-electron chi connectivity index (χ2n) is 9.19. The summed E-state index contributed by atoms with van der Waals surface area (Å²) in [5, 5.41) is 22.2. The molecule has 0 unspecified atom stereocenters. The number of ether oxygens (including phenoxy) is 1. The summed E-state index contributed by atoms with van der Waals surface area (Å²) in [6, 6.07) is 3.38. The van der Waals surface area contributed by atoms with Crippen LogP contribution in [0.1, 0.15) is 35.7 Å².